The third-order valence-electron chi connectivity index (χ3n) is 4.55. The molecule has 0 aliphatic carbocycles. The van der Waals surface area contributed by atoms with Gasteiger partial charge in [-0.15, -0.1) is 0 Å². The standard InChI is InChI=1S/C21H24ClN3O3S2/c1-15-5-8-17(9-6-15)30(27,28)14-20(26)25(12-4-11-24(2)3)21-23-18-10-7-16(22)13-19(18)29-21/h5-10,13H,4,11-12,14H2,1-3H3. The van der Waals surface area contributed by atoms with Gasteiger partial charge in [-0.1, -0.05) is 40.6 Å². The number of benzene rings is 2. The van der Waals surface area contributed by atoms with E-state index in [0.29, 0.717) is 23.1 Å². The maximum absolute atomic E-state index is 13.1. The molecular formula is C21H24ClN3O3S2. The summed E-state index contributed by atoms with van der Waals surface area (Å²) in [5.41, 5.74) is 1.69. The predicted octanol–water partition coefficient (Wildman–Crippen LogP) is 4.02. The number of sulfone groups is 1. The molecule has 9 heteroatoms. The van der Waals surface area contributed by atoms with Crippen LogP contribution in [0.15, 0.2) is 47.4 Å². The highest BCUT2D eigenvalue weighted by Crippen LogP contribution is 2.31. The predicted molar refractivity (Wildman–Crippen MR) is 123 cm³/mol. The fourth-order valence-electron chi connectivity index (χ4n) is 2.94. The van der Waals surface area contributed by atoms with Gasteiger partial charge in [0.2, 0.25) is 5.91 Å². The van der Waals surface area contributed by atoms with Crippen molar-refractivity contribution in [2.45, 2.75) is 18.2 Å². The largest absolute Gasteiger partial charge is 0.309 e. The molecule has 0 radical (unpaired) electrons. The Balaban J connectivity index is 1.88. The Bertz CT molecular complexity index is 1140. The zero-order valence-corrected chi connectivity index (χ0v) is 19.5. The van der Waals surface area contributed by atoms with Gasteiger partial charge in [0.15, 0.2) is 15.0 Å². The summed E-state index contributed by atoms with van der Waals surface area (Å²) >= 11 is 7.40. The fraction of sp³-hybridized carbons (Fsp3) is 0.333. The van der Waals surface area contributed by atoms with Gasteiger partial charge < -0.3 is 4.90 Å². The van der Waals surface area contributed by atoms with E-state index in [1.54, 1.807) is 30.3 Å². The summed E-state index contributed by atoms with van der Waals surface area (Å²) in [6.07, 6.45) is 0.694. The summed E-state index contributed by atoms with van der Waals surface area (Å²) in [6, 6.07) is 11.9. The number of aromatic nitrogens is 1. The van der Waals surface area contributed by atoms with Crippen molar-refractivity contribution < 1.29 is 13.2 Å². The molecule has 0 fully saturated rings. The van der Waals surface area contributed by atoms with Gasteiger partial charge in [-0.2, -0.15) is 0 Å². The summed E-state index contributed by atoms with van der Waals surface area (Å²) in [5.74, 6) is -1.09. The molecule has 1 aromatic heterocycles. The summed E-state index contributed by atoms with van der Waals surface area (Å²) in [7, 11) is 0.151. The number of nitrogens with zero attached hydrogens (tertiary/aromatic N) is 3. The summed E-state index contributed by atoms with van der Waals surface area (Å²) in [4.78, 5) is 21.3. The molecule has 1 amide bonds. The number of hydrogen-bond acceptors (Lipinski definition) is 6. The molecule has 2 aromatic carbocycles. The van der Waals surface area contributed by atoms with Gasteiger partial charge in [-0.3, -0.25) is 9.69 Å². The molecule has 0 saturated carbocycles. The number of amides is 1. The number of fused-ring (bicyclic) bond motifs is 1. The molecule has 6 nitrogen and oxygen atoms in total. The highest BCUT2D eigenvalue weighted by molar-refractivity contribution is 7.92. The maximum atomic E-state index is 13.1. The molecule has 0 aliphatic rings. The number of carbonyl (C=O) groups is 1. The van der Waals surface area contributed by atoms with Crippen LogP contribution in [0.4, 0.5) is 5.13 Å². The second-order valence-corrected chi connectivity index (χ2v) is 10.8. The Morgan fingerprint density at radius 2 is 1.80 bits per heavy atom. The first-order chi connectivity index (χ1) is 14.2. The van der Waals surface area contributed by atoms with Gasteiger partial charge >= 0.3 is 0 Å². The molecule has 0 N–H and O–H groups in total. The number of anilines is 1. The summed E-state index contributed by atoms with van der Waals surface area (Å²) < 4.78 is 26.4. The monoisotopic (exact) mass is 465 g/mol. The summed E-state index contributed by atoms with van der Waals surface area (Å²) in [5, 5.41) is 1.07. The van der Waals surface area contributed by atoms with E-state index in [9.17, 15) is 13.2 Å². The third kappa shape index (κ3) is 5.57. The average Bonchev–Trinajstić information content (AvgIpc) is 3.07. The molecule has 0 bridgehead atoms. The maximum Gasteiger partial charge on any atom is 0.244 e. The normalized spacial score (nSPS) is 11.9. The van der Waals surface area contributed by atoms with Crippen molar-refractivity contribution in [3.63, 3.8) is 0 Å². The van der Waals surface area contributed by atoms with Crippen molar-refractivity contribution in [2.75, 3.05) is 37.8 Å². The zero-order chi connectivity index (χ0) is 21.9. The van der Waals surface area contributed by atoms with Crippen LogP contribution in [-0.4, -0.2) is 57.1 Å². The molecule has 1 heterocycles. The van der Waals surface area contributed by atoms with Gasteiger partial charge in [-0.05, 0) is 64.3 Å². The number of rotatable bonds is 8. The molecule has 0 saturated heterocycles. The van der Waals surface area contributed by atoms with E-state index >= 15 is 0 Å². The van der Waals surface area contributed by atoms with Crippen LogP contribution in [0.5, 0.6) is 0 Å². The van der Waals surface area contributed by atoms with Gasteiger partial charge in [0.25, 0.3) is 0 Å². The van der Waals surface area contributed by atoms with E-state index in [4.69, 9.17) is 11.6 Å². The van der Waals surface area contributed by atoms with E-state index in [1.807, 2.05) is 25.9 Å². The van der Waals surface area contributed by atoms with E-state index in [0.717, 1.165) is 22.3 Å². The lowest BCUT2D eigenvalue weighted by atomic mass is 10.2. The molecule has 3 rings (SSSR count). The first-order valence-electron chi connectivity index (χ1n) is 9.46. The second kappa shape index (κ2) is 9.43. The highest BCUT2D eigenvalue weighted by Gasteiger charge is 2.26. The lowest BCUT2D eigenvalue weighted by Gasteiger charge is -2.21. The van der Waals surface area contributed by atoms with Crippen LogP contribution in [0.3, 0.4) is 0 Å². The molecule has 160 valence electrons. The minimum Gasteiger partial charge on any atom is -0.309 e. The molecule has 0 unspecified atom stereocenters. The summed E-state index contributed by atoms with van der Waals surface area (Å²) in [6.45, 7) is 3.03. The molecule has 0 spiro atoms. The quantitative estimate of drug-likeness (QED) is 0.502. The lowest BCUT2D eigenvalue weighted by molar-refractivity contribution is -0.116. The number of halogens is 1. The van der Waals surface area contributed by atoms with Gasteiger partial charge in [0.05, 0.1) is 15.1 Å². The molecule has 0 atom stereocenters. The minimum atomic E-state index is -3.75. The Morgan fingerprint density at radius 1 is 1.10 bits per heavy atom. The van der Waals surface area contributed by atoms with Crippen LogP contribution in [0.1, 0.15) is 12.0 Å². The van der Waals surface area contributed by atoms with Crippen LogP contribution in [0.2, 0.25) is 5.02 Å². The lowest BCUT2D eigenvalue weighted by Crippen LogP contribution is -2.37. The molecule has 0 aliphatic heterocycles. The topological polar surface area (TPSA) is 70.6 Å². The number of carbonyl (C=O) groups excluding carboxylic acids is 1. The van der Waals surface area contributed by atoms with E-state index < -0.39 is 21.5 Å². The fourth-order valence-corrected chi connectivity index (χ4v) is 5.43. The van der Waals surface area contributed by atoms with Crippen LogP contribution in [0, 0.1) is 6.92 Å². The van der Waals surface area contributed by atoms with E-state index in [2.05, 4.69) is 4.98 Å². The Hall–Kier alpha value is -2.00. The Kier molecular flexibility index (Phi) is 7.13. The molecular weight excluding hydrogens is 442 g/mol. The van der Waals surface area contributed by atoms with Crippen molar-refractivity contribution >= 4 is 54.0 Å². The SMILES string of the molecule is Cc1ccc(S(=O)(=O)CC(=O)N(CCCN(C)C)c2nc3ccc(Cl)cc3s2)cc1. The van der Waals surface area contributed by atoms with Gasteiger partial charge in [-0.25, -0.2) is 13.4 Å². The number of aryl methyl sites for hydroxylation is 1. The minimum absolute atomic E-state index is 0.144. The highest BCUT2D eigenvalue weighted by atomic mass is 35.5. The first kappa shape index (κ1) is 22.7. The van der Waals surface area contributed by atoms with Crippen molar-refractivity contribution in [3.05, 3.63) is 53.1 Å². The van der Waals surface area contributed by atoms with Gasteiger partial charge in [0, 0.05) is 11.6 Å². The van der Waals surface area contributed by atoms with Crippen LogP contribution in [-0.2, 0) is 14.6 Å². The first-order valence-corrected chi connectivity index (χ1v) is 12.3. The van der Waals surface area contributed by atoms with Crippen molar-refractivity contribution in [3.8, 4) is 0 Å². The van der Waals surface area contributed by atoms with Crippen LogP contribution >= 0.6 is 22.9 Å². The smallest absolute Gasteiger partial charge is 0.244 e. The van der Waals surface area contributed by atoms with Crippen LogP contribution in [0.25, 0.3) is 10.2 Å². The third-order valence-corrected chi connectivity index (χ3v) is 7.45. The van der Waals surface area contributed by atoms with Crippen molar-refractivity contribution in [2.24, 2.45) is 0 Å². The van der Waals surface area contributed by atoms with Gasteiger partial charge in [0.1, 0.15) is 5.75 Å². The average molecular weight is 466 g/mol. The van der Waals surface area contributed by atoms with Crippen LogP contribution < -0.4 is 4.90 Å². The number of hydrogen-bond donors (Lipinski definition) is 0. The zero-order valence-electron chi connectivity index (χ0n) is 17.1. The Morgan fingerprint density at radius 3 is 2.47 bits per heavy atom. The van der Waals surface area contributed by atoms with E-state index in [-0.39, 0.29) is 4.90 Å². The Labute approximate surface area is 186 Å². The van der Waals surface area contributed by atoms with Crippen molar-refractivity contribution in [1.29, 1.82) is 0 Å². The number of thiazole rings is 1. The molecule has 3 aromatic rings. The molecule has 30 heavy (non-hydrogen) atoms. The second-order valence-electron chi connectivity index (χ2n) is 7.38. The van der Waals surface area contributed by atoms with Crippen molar-refractivity contribution in [1.82, 2.24) is 9.88 Å². The van der Waals surface area contributed by atoms with E-state index in [1.165, 1.54) is 28.4 Å².